The molecule has 0 saturated heterocycles. The Bertz CT molecular complexity index is 60.4. The molecule has 0 aliphatic carbocycles. The zero-order chi connectivity index (χ0) is 5.54. The van der Waals surface area contributed by atoms with E-state index in [1.165, 1.54) is 0 Å². The van der Waals surface area contributed by atoms with Gasteiger partial charge in [0.2, 0.25) is 0 Å². The molecular weight excluding hydrogens is 84.1 g/mol. The molecule has 0 amide bonds. The van der Waals surface area contributed by atoms with E-state index in [2.05, 4.69) is 25.7 Å². The Hall–Kier alpha value is -0.520. The van der Waals surface area contributed by atoms with Crippen molar-refractivity contribution in [2.24, 2.45) is 0 Å². The first-order valence-corrected chi connectivity index (χ1v) is 2.67. The van der Waals surface area contributed by atoms with Gasteiger partial charge in [0.1, 0.15) is 0 Å². The van der Waals surface area contributed by atoms with Crippen LogP contribution in [0.1, 0.15) is 19.8 Å². The van der Waals surface area contributed by atoms with Crippen LogP contribution in [0, 0.1) is 0 Å². The van der Waals surface area contributed by atoms with Crippen LogP contribution in [0.15, 0.2) is 24.8 Å². The summed E-state index contributed by atoms with van der Waals surface area (Å²) in [4.78, 5) is 0. The lowest BCUT2D eigenvalue weighted by Crippen LogP contribution is -1.53. The summed E-state index contributed by atoms with van der Waals surface area (Å²) >= 11 is 0. The number of rotatable bonds is 3. The van der Waals surface area contributed by atoms with E-state index in [1.807, 2.05) is 6.08 Å². The van der Waals surface area contributed by atoms with Gasteiger partial charge in [0.25, 0.3) is 0 Å². The van der Waals surface area contributed by atoms with Crippen LogP contribution < -0.4 is 0 Å². The van der Waals surface area contributed by atoms with Crippen LogP contribution in [0.25, 0.3) is 0 Å². The topological polar surface area (TPSA) is 0 Å². The maximum Gasteiger partial charge on any atom is -0.0172 e. The second-order valence-corrected chi connectivity index (χ2v) is 1.40. The van der Waals surface area contributed by atoms with Gasteiger partial charge in [-0.05, 0) is 12.8 Å². The van der Waals surface area contributed by atoms with Crippen molar-refractivity contribution in [2.45, 2.75) is 19.8 Å². The monoisotopic (exact) mass is 96.1 g/mol. The quantitative estimate of drug-likeness (QED) is 0.473. The summed E-state index contributed by atoms with van der Waals surface area (Å²) in [6.45, 7) is 5.71. The lowest BCUT2D eigenvalue weighted by molar-refractivity contribution is 1.20. The van der Waals surface area contributed by atoms with Crippen LogP contribution >= 0.6 is 0 Å². The van der Waals surface area contributed by atoms with E-state index in [1.54, 1.807) is 0 Å². The van der Waals surface area contributed by atoms with Gasteiger partial charge >= 0.3 is 0 Å². The summed E-state index contributed by atoms with van der Waals surface area (Å²) in [5.74, 6) is 0. The molecule has 0 aromatic carbocycles. The Labute approximate surface area is 45.5 Å². The number of hydrogen-bond acceptors (Lipinski definition) is 0. The first-order valence-electron chi connectivity index (χ1n) is 2.67. The van der Waals surface area contributed by atoms with E-state index in [0.717, 1.165) is 12.8 Å². The van der Waals surface area contributed by atoms with Gasteiger partial charge in [-0.25, -0.2) is 0 Å². The summed E-state index contributed by atoms with van der Waals surface area (Å²) in [6, 6.07) is 0. The molecule has 0 heteroatoms. The number of allylic oxidation sites excluding steroid dienone is 3. The molecule has 0 bridgehead atoms. The Morgan fingerprint density at radius 2 is 2.14 bits per heavy atom. The van der Waals surface area contributed by atoms with Crippen molar-refractivity contribution in [1.82, 2.24) is 0 Å². The lowest BCUT2D eigenvalue weighted by Gasteiger charge is -1.75. The van der Waals surface area contributed by atoms with Crippen LogP contribution in [0.4, 0.5) is 0 Å². The summed E-state index contributed by atoms with van der Waals surface area (Å²) in [7, 11) is 0. The third-order valence-corrected chi connectivity index (χ3v) is 0.705. The smallest absolute Gasteiger partial charge is 0.0172 e. The summed E-state index contributed by atoms with van der Waals surface area (Å²) in [5.41, 5.74) is 0. The molecule has 7 heavy (non-hydrogen) atoms. The van der Waals surface area contributed by atoms with Crippen LogP contribution in [0.5, 0.6) is 0 Å². The highest BCUT2D eigenvalue weighted by Crippen LogP contribution is 1.84. The molecule has 0 rings (SSSR count). The first kappa shape index (κ1) is 6.48. The molecule has 0 spiro atoms. The van der Waals surface area contributed by atoms with Crippen molar-refractivity contribution in [2.75, 3.05) is 0 Å². The van der Waals surface area contributed by atoms with Crippen molar-refractivity contribution < 1.29 is 0 Å². The maximum absolute atomic E-state index is 3.58. The van der Waals surface area contributed by atoms with Crippen molar-refractivity contribution in [3.05, 3.63) is 24.8 Å². The second-order valence-electron chi connectivity index (χ2n) is 1.40. The van der Waals surface area contributed by atoms with E-state index < -0.39 is 0 Å². The fraction of sp³-hybridized carbons (Fsp3) is 0.429. The first-order chi connectivity index (χ1) is 3.41. The van der Waals surface area contributed by atoms with Crippen molar-refractivity contribution in [3.8, 4) is 0 Å². The molecule has 0 fully saturated rings. The molecule has 0 aliphatic rings. The van der Waals surface area contributed by atoms with E-state index in [-0.39, 0.29) is 0 Å². The molecule has 0 saturated carbocycles. The molecule has 40 valence electrons. The fourth-order valence-corrected chi connectivity index (χ4v) is 0.359. The van der Waals surface area contributed by atoms with Gasteiger partial charge in [0.15, 0.2) is 0 Å². The minimum Gasteiger partial charge on any atom is -0.103 e. The highest BCUT2D eigenvalue weighted by Gasteiger charge is 1.63. The van der Waals surface area contributed by atoms with Crippen molar-refractivity contribution in [3.63, 3.8) is 0 Å². The molecule has 0 N–H and O–H groups in total. The molecule has 0 unspecified atom stereocenters. The molecule has 0 aromatic heterocycles. The zero-order valence-electron chi connectivity index (χ0n) is 4.85. The summed E-state index contributed by atoms with van der Waals surface area (Å²) in [6.07, 6.45) is 8.29. The van der Waals surface area contributed by atoms with Crippen LogP contribution in [-0.2, 0) is 0 Å². The summed E-state index contributed by atoms with van der Waals surface area (Å²) in [5, 5.41) is 0. The van der Waals surface area contributed by atoms with Gasteiger partial charge in [-0.15, -0.1) is 6.58 Å². The normalized spacial score (nSPS) is 9.86. The van der Waals surface area contributed by atoms with Gasteiger partial charge in [-0.2, -0.15) is 0 Å². The molecule has 0 radical (unpaired) electrons. The molecule has 0 aromatic rings. The Kier molecular flexibility index (Phi) is 5.07. The van der Waals surface area contributed by atoms with Crippen LogP contribution in [0.2, 0.25) is 0 Å². The molecule has 0 nitrogen and oxygen atoms in total. The van der Waals surface area contributed by atoms with Crippen molar-refractivity contribution in [1.29, 1.82) is 0 Å². The van der Waals surface area contributed by atoms with Crippen LogP contribution in [0.3, 0.4) is 0 Å². The molecule has 0 atom stereocenters. The van der Waals surface area contributed by atoms with Gasteiger partial charge < -0.3 is 0 Å². The Balaban J connectivity index is 2.92. The lowest BCUT2D eigenvalue weighted by atomic mass is 10.3. The average Bonchev–Trinajstić information content (AvgIpc) is 1.69. The highest BCUT2D eigenvalue weighted by molar-refractivity contribution is 4.87. The predicted molar refractivity (Wildman–Crippen MR) is 34.2 cm³/mol. The van der Waals surface area contributed by atoms with E-state index >= 15 is 0 Å². The van der Waals surface area contributed by atoms with E-state index in [9.17, 15) is 0 Å². The molecule has 0 heterocycles. The van der Waals surface area contributed by atoms with E-state index in [4.69, 9.17) is 0 Å². The average molecular weight is 96.2 g/mol. The highest BCUT2D eigenvalue weighted by atomic mass is 13.7. The molecule has 0 aliphatic heterocycles. The van der Waals surface area contributed by atoms with Gasteiger partial charge in [0, 0.05) is 0 Å². The second kappa shape index (κ2) is 5.48. The minimum absolute atomic E-state index is 1.01. The van der Waals surface area contributed by atoms with E-state index in [0.29, 0.717) is 0 Å². The number of hydrogen-bond donors (Lipinski definition) is 0. The third kappa shape index (κ3) is 5.48. The predicted octanol–water partition coefficient (Wildman–Crippen LogP) is 2.53. The van der Waals surface area contributed by atoms with Gasteiger partial charge in [0.05, 0.1) is 0 Å². The SMILES string of the molecule is C=CCC=CCC. The van der Waals surface area contributed by atoms with Crippen molar-refractivity contribution >= 4 is 0 Å². The molecular formula is C7H12. The van der Waals surface area contributed by atoms with Gasteiger partial charge in [-0.1, -0.05) is 25.2 Å². The minimum atomic E-state index is 1.01. The zero-order valence-corrected chi connectivity index (χ0v) is 4.85. The summed E-state index contributed by atoms with van der Waals surface area (Å²) < 4.78 is 0. The Morgan fingerprint density at radius 3 is 2.57 bits per heavy atom. The maximum atomic E-state index is 3.58. The fourth-order valence-electron chi connectivity index (χ4n) is 0.359. The third-order valence-electron chi connectivity index (χ3n) is 0.705. The Morgan fingerprint density at radius 1 is 1.43 bits per heavy atom. The largest absolute Gasteiger partial charge is 0.103 e. The van der Waals surface area contributed by atoms with Crippen LogP contribution in [-0.4, -0.2) is 0 Å². The van der Waals surface area contributed by atoms with Gasteiger partial charge in [-0.3, -0.25) is 0 Å². The standard InChI is InChI=1S/C7H12/c1-3-5-7-6-4-2/h3,6-7H,1,4-5H2,2H3.